The van der Waals surface area contributed by atoms with E-state index in [0.717, 1.165) is 36.5 Å². The molecule has 1 unspecified atom stereocenters. The molecule has 0 aromatic carbocycles. The summed E-state index contributed by atoms with van der Waals surface area (Å²) >= 11 is 0. The minimum Gasteiger partial charge on any atom is -0.296 e. The normalized spacial score (nSPS) is 24.1. The lowest BCUT2D eigenvalue weighted by atomic mass is 9.88. The molecule has 1 saturated carbocycles. The quantitative estimate of drug-likeness (QED) is 0.731. The number of anilines is 1. The van der Waals surface area contributed by atoms with Crippen molar-refractivity contribution in [3.63, 3.8) is 0 Å². The molecule has 1 atom stereocenters. The van der Waals surface area contributed by atoms with Gasteiger partial charge in [0.1, 0.15) is 11.6 Å². The maximum Gasteiger partial charge on any atom is 0.228 e. The van der Waals surface area contributed by atoms with Crippen LogP contribution in [0.2, 0.25) is 0 Å². The zero-order valence-corrected chi connectivity index (χ0v) is 18.4. The van der Waals surface area contributed by atoms with Crippen molar-refractivity contribution < 1.29 is 13.2 Å². The second-order valence-electron chi connectivity index (χ2n) is 8.65. The van der Waals surface area contributed by atoms with Gasteiger partial charge in [0, 0.05) is 30.8 Å². The van der Waals surface area contributed by atoms with Crippen LogP contribution in [0.3, 0.4) is 0 Å². The average Bonchev–Trinajstić information content (AvgIpc) is 3.22. The van der Waals surface area contributed by atoms with Crippen LogP contribution in [-0.4, -0.2) is 47.4 Å². The lowest BCUT2D eigenvalue weighted by Gasteiger charge is -2.34. The highest BCUT2D eigenvalue weighted by Crippen LogP contribution is 2.37. The van der Waals surface area contributed by atoms with E-state index in [1.165, 1.54) is 32.1 Å². The number of carbonyl (C=O) groups is 1. The minimum absolute atomic E-state index is 0.0830. The van der Waals surface area contributed by atoms with Gasteiger partial charge in [0.2, 0.25) is 15.9 Å². The van der Waals surface area contributed by atoms with Crippen LogP contribution in [0, 0.1) is 12.8 Å². The van der Waals surface area contributed by atoms with Crippen LogP contribution in [0.15, 0.2) is 0 Å². The first kappa shape index (κ1) is 20.7. The van der Waals surface area contributed by atoms with Crippen molar-refractivity contribution in [1.82, 2.24) is 14.3 Å². The lowest BCUT2D eigenvalue weighted by molar-refractivity contribution is -0.119. The lowest BCUT2D eigenvalue weighted by Crippen LogP contribution is -2.41. The molecule has 0 spiro atoms. The number of aryl methyl sites for hydroxylation is 1. The van der Waals surface area contributed by atoms with Gasteiger partial charge in [0.05, 0.1) is 11.8 Å². The predicted octanol–water partition coefficient (Wildman–Crippen LogP) is 3.13. The summed E-state index contributed by atoms with van der Waals surface area (Å²) in [6.07, 6.45) is 8.81. The Bertz CT molecular complexity index is 880. The van der Waals surface area contributed by atoms with Gasteiger partial charge in [-0.1, -0.05) is 19.3 Å². The maximum atomic E-state index is 12.8. The molecule has 0 radical (unpaired) electrons. The van der Waals surface area contributed by atoms with Gasteiger partial charge < -0.3 is 0 Å². The van der Waals surface area contributed by atoms with Crippen LogP contribution in [0.1, 0.15) is 81.4 Å². The summed E-state index contributed by atoms with van der Waals surface area (Å²) in [7, 11) is -3.30. The van der Waals surface area contributed by atoms with Crippen LogP contribution >= 0.6 is 0 Å². The van der Waals surface area contributed by atoms with Crippen molar-refractivity contribution in [2.45, 2.75) is 77.7 Å². The van der Waals surface area contributed by atoms with Gasteiger partial charge in [-0.05, 0) is 51.9 Å². The topological polar surface area (TPSA) is 83.5 Å². The van der Waals surface area contributed by atoms with Crippen molar-refractivity contribution in [1.29, 1.82) is 0 Å². The predicted molar refractivity (Wildman–Crippen MR) is 112 cm³/mol. The summed E-state index contributed by atoms with van der Waals surface area (Å²) in [6.45, 7) is 4.88. The second kappa shape index (κ2) is 8.30. The fraction of sp³-hybridized carbons (Fsp3) is 0.762. The Morgan fingerprint density at radius 1 is 1.03 bits per heavy atom. The van der Waals surface area contributed by atoms with Gasteiger partial charge in [-0.2, -0.15) is 4.31 Å². The van der Waals surface area contributed by atoms with E-state index in [4.69, 9.17) is 9.97 Å². The Morgan fingerprint density at radius 3 is 2.52 bits per heavy atom. The van der Waals surface area contributed by atoms with Crippen molar-refractivity contribution in [2.75, 3.05) is 23.7 Å². The molecule has 1 amide bonds. The number of hydrogen-bond acceptors (Lipinski definition) is 5. The van der Waals surface area contributed by atoms with Crippen LogP contribution in [0.5, 0.6) is 0 Å². The SMILES string of the molecule is CCS(=O)(=O)N1CCCC1c1nc(C)c2c(n1)N(CC1CCCCC1)C(=O)CC2. The van der Waals surface area contributed by atoms with Crippen molar-refractivity contribution in [2.24, 2.45) is 5.92 Å². The molecule has 3 heterocycles. The molecule has 2 fully saturated rings. The number of nitrogens with zero attached hydrogens (tertiary/aromatic N) is 4. The molecule has 1 aromatic heterocycles. The summed E-state index contributed by atoms with van der Waals surface area (Å²) in [4.78, 5) is 24.2. The van der Waals surface area contributed by atoms with Gasteiger partial charge in [-0.15, -0.1) is 0 Å². The van der Waals surface area contributed by atoms with E-state index < -0.39 is 10.0 Å². The van der Waals surface area contributed by atoms with Crippen LogP contribution < -0.4 is 4.90 Å². The zero-order valence-electron chi connectivity index (χ0n) is 17.6. The Balaban J connectivity index is 1.68. The molecule has 4 rings (SSSR count). The van der Waals surface area contributed by atoms with Crippen molar-refractivity contribution >= 4 is 21.7 Å². The third-order valence-electron chi connectivity index (χ3n) is 6.74. The summed E-state index contributed by atoms with van der Waals surface area (Å²) in [6, 6.07) is -0.322. The van der Waals surface area contributed by atoms with Crippen LogP contribution in [-0.2, 0) is 21.2 Å². The van der Waals surface area contributed by atoms with Gasteiger partial charge >= 0.3 is 0 Å². The number of carbonyl (C=O) groups excluding carboxylic acids is 1. The summed E-state index contributed by atoms with van der Waals surface area (Å²) in [5, 5.41) is 0. The van der Waals surface area contributed by atoms with E-state index in [9.17, 15) is 13.2 Å². The van der Waals surface area contributed by atoms with Gasteiger partial charge in [0.25, 0.3) is 0 Å². The molecular weight excluding hydrogens is 388 g/mol. The Morgan fingerprint density at radius 2 is 1.79 bits per heavy atom. The number of aromatic nitrogens is 2. The highest BCUT2D eigenvalue weighted by molar-refractivity contribution is 7.89. The van der Waals surface area contributed by atoms with Gasteiger partial charge in [0.15, 0.2) is 0 Å². The van der Waals surface area contributed by atoms with Gasteiger partial charge in [-0.25, -0.2) is 18.4 Å². The van der Waals surface area contributed by atoms with E-state index in [0.29, 0.717) is 31.1 Å². The van der Waals surface area contributed by atoms with Crippen LogP contribution in [0.4, 0.5) is 5.82 Å². The maximum absolute atomic E-state index is 12.8. The molecular formula is C21H32N4O3S. The van der Waals surface area contributed by atoms with Gasteiger partial charge in [-0.3, -0.25) is 9.69 Å². The van der Waals surface area contributed by atoms with E-state index in [2.05, 4.69) is 0 Å². The molecule has 8 heteroatoms. The first-order valence-electron chi connectivity index (χ1n) is 11.1. The molecule has 1 aliphatic carbocycles. The largest absolute Gasteiger partial charge is 0.296 e. The number of hydrogen-bond donors (Lipinski definition) is 0. The Kier molecular flexibility index (Phi) is 5.93. The zero-order chi connectivity index (χ0) is 20.6. The molecule has 1 saturated heterocycles. The summed E-state index contributed by atoms with van der Waals surface area (Å²) < 4.78 is 26.6. The molecule has 0 bridgehead atoms. The average molecular weight is 421 g/mol. The number of fused-ring (bicyclic) bond motifs is 1. The van der Waals surface area contributed by atoms with Crippen molar-refractivity contribution in [3.05, 3.63) is 17.1 Å². The smallest absolute Gasteiger partial charge is 0.228 e. The minimum atomic E-state index is -3.30. The first-order valence-corrected chi connectivity index (χ1v) is 12.7. The molecule has 160 valence electrons. The van der Waals surface area contributed by atoms with E-state index in [1.54, 1.807) is 11.2 Å². The number of amides is 1. The molecule has 0 N–H and O–H groups in total. The molecule has 3 aliphatic rings. The molecule has 7 nitrogen and oxygen atoms in total. The monoisotopic (exact) mass is 420 g/mol. The third-order valence-corrected chi connectivity index (χ3v) is 8.63. The number of rotatable bonds is 5. The Labute approximate surface area is 173 Å². The third kappa shape index (κ3) is 4.06. The van der Waals surface area contributed by atoms with E-state index in [1.807, 2.05) is 11.8 Å². The summed E-state index contributed by atoms with van der Waals surface area (Å²) in [5.74, 6) is 2.03. The molecule has 1 aromatic rings. The summed E-state index contributed by atoms with van der Waals surface area (Å²) in [5.41, 5.74) is 1.93. The molecule has 29 heavy (non-hydrogen) atoms. The second-order valence-corrected chi connectivity index (χ2v) is 10.9. The standard InChI is InChI=1S/C21H32N4O3S/c1-3-29(27,28)25-13-7-10-18(25)20-22-15(2)17-11-12-19(26)24(21(17)23-20)14-16-8-5-4-6-9-16/h16,18H,3-14H2,1-2H3. The fourth-order valence-corrected chi connectivity index (χ4v) is 6.39. The van der Waals surface area contributed by atoms with E-state index in [-0.39, 0.29) is 17.7 Å². The molecule has 2 aliphatic heterocycles. The highest BCUT2D eigenvalue weighted by atomic mass is 32.2. The Hall–Kier alpha value is -1.54. The van der Waals surface area contributed by atoms with Crippen LogP contribution in [0.25, 0.3) is 0 Å². The highest BCUT2D eigenvalue weighted by Gasteiger charge is 2.38. The first-order chi connectivity index (χ1) is 13.9. The number of sulfonamides is 1. The fourth-order valence-electron chi connectivity index (χ4n) is 5.07. The van der Waals surface area contributed by atoms with E-state index >= 15 is 0 Å². The van der Waals surface area contributed by atoms with Crippen molar-refractivity contribution in [3.8, 4) is 0 Å².